The molecule has 2 N–H and O–H groups in total. The lowest BCUT2D eigenvalue weighted by atomic mass is 10.0. The molecule has 1 aliphatic heterocycles. The van der Waals surface area contributed by atoms with E-state index in [-0.39, 0.29) is 18.6 Å². The van der Waals surface area contributed by atoms with Gasteiger partial charge >= 0.3 is 0 Å². The SMILES string of the molecule is Cc1ccccc1OC[C@H](O)C(=O)NC1CCN(Cc2ccncc2)CC1. The van der Waals surface area contributed by atoms with E-state index in [9.17, 15) is 9.90 Å². The molecule has 6 nitrogen and oxygen atoms in total. The highest BCUT2D eigenvalue weighted by atomic mass is 16.5. The van der Waals surface area contributed by atoms with Crippen molar-refractivity contribution >= 4 is 5.91 Å². The Balaban J connectivity index is 1.39. The smallest absolute Gasteiger partial charge is 0.252 e. The van der Waals surface area contributed by atoms with Crippen LogP contribution in [0.4, 0.5) is 0 Å². The molecule has 2 aromatic rings. The Morgan fingerprint density at radius 3 is 2.67 bits per heavy atom. The zero-order chi connectivity index (χ0) is 19.1. The molecule has 27 heavy (non-hydrogen) atoms. The number of ether oxygens (including phenoxy) is 1. The van der Waals surface area contributed by atoms with Gasteiger partial charge in [0.25, 0.3) is 5.91 Å². The second-order valence-electron chi connectivity index (χ2n) is 7.01. The number of nitrogens with one attached hydrogen (secondary N) is 1. The van der Waals surface area contributed by atoms with E-state index in [4.69, 9.17) is 4.74 Å². The second kappa shape index (κ2) is 9.48. The average molecular weight is 369 g/mol. The number of benzene rings is 1. The quantitative estimate of drug-likeness (QED) is 0.780. The number of aliphatic hydroxyl groups is 1. The molecule has 0 spiro atoms. The summed E-state index contributed by atoms with van der Waals surface area (Å²) >= 11 is 0. The Kier molecular flexibility index (Phi) is 6.79. The first kappa shape index (κ1) is 19.3. The number of likely N-dealkylation sites (tertiary alicyclic amines) is 1. The number of carbonyl (C=O) groups excluding carboxylic acids is 1. The standard InChI is InChI=1S/C21H27N3O3/c1-16-4-2-3-5-20(16)27-15-19(25)21(26)23-18-8-12-24(13-9-18)14-17-6-10-22-11-7-17/h2-7,10-11,18-19,25H,8-9,12-15H2,1H3,(H,23,26)/t19-/m0/s1. The lowest BCUT2D eigenvalue weighted by Gasteiger charge is -2.32. The minimum atomic E-state index is -1.17. The van der Waals surface area contributed by atoms with Crippen molar-refractivity contribution in [2.45, 2.75) is 38.5 Å². The maximum Gasteiger partial charge on any atom is 0.252 e. The molecule has 1 atom stereocenters. The third kappa shape index (κ3) is 5.77. The number of pyridine rings is 1. The number of hydrogen-bond donors (Lipinski definition) is 2. The monoisotopic (exact) mass is 369 g/mol. The molecule has 2 heterocycles. The Hall–Kier alpha value is -2.44. The molecule has 3 rings (SSSR count). The zero-order valence-corrected chi connectivity index (χ0v) is 15.7. The minimum absolute atomic E-state index is 0.0441. The predicted octanol–water partition coefficient (Wildman–Crippen LogP) is 1.91. The van der Waals surface area contributed by atoms with Gasteiger partial charge in [-0.3, -0.25) is 14.7 Å². The van der Waals surface area contributed by atoms with Gasteiger partial charge < -0.3 is 15.2 Å². The summed E-state index contributed by atoms with van der Waals surface area (Å²) in [6.45, 7) is 4.63. The van der Waals surface area contributed by atoms with Crippen LogP contribution in [0.3, 0.4) is 0 Å². The molecule has 0 bridgehead atoms. The molecule has 6 heteroatoms. The van der Waals surface area contributed by atoms with Crippen molar-refractivity contribution in [2.75, 3.05) is 19.7 Å². The summed E-state index contributed by atoms with van der Waals surface area (Å²) in [4.78, 5) is 18.6. The number of carbonyl (C=O) groups is 1. The fraction of sp³-hybridized carbons (Fsp3) is 0.429. The summed E-state index contributed by atoms with van der Waals surface area (Å²) in [7, 11) is 0. The molecular formula is C21H27N3O3. The number of amides is 1. The molecule has 0 aliphatic carbocycles. The van der Waals surface area contributed by atoms with Crippen LogP contribution in [0.5, 0.6) is 5.75 Å². The van der Waals surface area contributed by atoms with E-state index < -0.39 is 6.10 Å². The van der Waals surface area contributed by atoms with E-state index in [2.05, 4.69) is 15.2 Å². The molecule has 1 saturated heterocycles. The summed E-state index contributed by atoms with van der Waals surface area (Å²) in [5, 5.41) is 13.0. The Morgan fingerprint density at radius 1 is 1.26 bits per heavy atom. The van der Waals surface area contributed by atoms with Crippen LogP contribution >= 0.6 is 0 Å². The van der Waals surface area contributed by atoms with Gasteiger partial charge in [-0.25, -0.2) is 0 Å². The maximum absolute atomic E-state index is 12.2. The van der Waals surface area contributed by atoms with Crippen molar-refractivity contribution in [3.63, 3.8) is 0 Å². The fourth-order valence-electron chi connectivity index (χ4n) is 3.24. The molecule has 0 radical (unpaired) electrons. The van der Waals surface area contributed by atoms with E-state index in [1.807, 2.05) is 55.7 Å². The molecule has 1 aromatic heterocycles. The molecular weight excluding hydrogens is 342 g/mol. The minimum Gasteiger partial charge on any atom is -0.490 e. The van der Waals surface area contributed by atoms with E-state index in [1.54, 1.807) is 0 Å². The maximum atomic E-state index is 12.2. The highest BCUT2D eigenvalue weighted by Crippen LogP contribution is 2.17. The molecule has 144 valence electrons. The Labute approximate surface area is 160 Å². The topological polar surface area (TPSA) is 74.7 Å². The summed E-state index contributed by atoms with van der Waals surface area (Å²) in [6, 6.07) is 11.7. The third-order valence-electron chi connectivity index (χ3n) is 4.88. The van der Waals surface area contributed by atoms with Crippen LogP contribution in [0.2, 0.25) is 0 Å². The number of nitrogens with zero attached hydrogens (tertiary/aromatic N) is 2. The number of aliphatic hydroxyl groups excluding tert-OH is 1. The first-order chi connectivity index (χ1) is 13.1. The van der Waals surface area contributed by atoms with Crippen molar-refractivity contribution in [1.82, 2.24) is 15.2 Å². The molecule has 1 amide bonds. The Morgan fingerprint density at radius 2 is 1.96 bits per heavy atom. The fourth-order valence-corrected chi connectivity index (χ4v) is 3.24. The van der Waals surface area contributed by atoms with Crippen LogP contribution in [0, 0.1) is 6.92 Å². The van der Waals surface area contributed by atoms with Crippen molar-refractivity contribution in [2.24, 2.45) is 0 Å². The van der Waals surface area contributed by atoms with E-state index in [0.29, 0.717) is 5.75 Å². The van der Waals surface area contributed by atoms with E-state index in [0.717, 1.165) is 38.0 Å². The predicted molar refractivity (Wildman–Crippen MR) is 103 cm³/mol. The van der Waals surface area contributed by atoms with Crippen LogP contribution in [0.25, 0.3) is 0 Å². The number of para-hydroxylation sites is 1. The highest BCUT2D eigenvalue weighted by Gasteiger charge is 2.24. The number of aromatic nitrogens is 1. The van der Waals surface area contributed by atoms with Gasteiger partial charge in [0.15, 0.2) is 6.10 Å². The second-order valence-corrected chi connectivity index (χ2v) is 7.01. The number of hydrogen-bond acceptors (Lipinski definition) is 5. The number of piperidine rings is 1. The molecule has 1 aromatic carbocycles. The zero-order valence-electron chi connectivity index (χ0n) is 15.7. The van der Waals surface area contributed by atoms with Crippen LogP contribution in [-0.2, 0) is 11.3 Å². The molecule has 0 saturated carbocycles. The van der Waals surface area contributed by atoms with Crippen LogP contribution in [-0.4, -0.2) is 52.7 Å². The lowest BCUT2D eigenvalue weighted by Crippen LogP contribution is -2.48. The van der Waals surface area contributed by atoms with Gasteiger partial charge in [-0.1, -0.05) is 18.2 Å². The first-order valence-corrected chi connectivity index (χ1v) is 9.40. The number of rotatable bonds is 7. The summed E-state index contributed by atoms with van der Waals surface area (Å²) < 4.78 is 5.57. The normalized spacial score (nSPS) is 16.7. The van der Waals surface area contributed by atoms with Crippen molar-refractivity contribution in [1.29, 1.82) is 0 Å². The van der Waals surface area contributed by atoms with Crippen molar-refractivity contribution < 1.29 is 14.6 Å². The van der Waals surface area contributed by atoms with Gasteiger partial charge in [-0.15, -0.1) is 0 Å². The molecule has 1 fully saturated rings. The Bertz CT molecular complexity index is 730. The van der Waals surface area contributed by atoms with Crippen LogP contribution in [0.1, 0.15) is 24.0 Å². The summed E-state index contributed by atoms with van der Waals surface area (Å²) in [5.74, 6) is 0.324. The van der Waals surface area contributed by atoms with Gasteiger partial charge in [-0.2, -0.15) is 0 Å². The molecule has 1 aliphatic rings. The van der Waals surface area contributed by atoms with E-state index >= 15 is 0 Å². The van der Waals surface area contributed by atoms with Crippen molar-refractivity contribution in [3.8, 4) is 5.75 Å². The molecule has 0 unspecified atom stereocenters. The van der Waals surface area contributed by atoms with E-state index in [1.165, 1.54) is 5.56 Å². The highest BCUT2D eigenvalue weighted by molar-refractivity contribution is 5.80. The first-order valence-electron chi connectivity index (χ1n) is 9.40. The van der Waals surface area contributed by atoms with Gasteiger partial charge in [0, 0.05) is 38.1 Å². The lowest BCUT2D eigenvalue weighted by molar-refractivity contribution is -0.131. The third-order valence-corrected chi connectivity index (χ3v) is 4.88. The number of aryl methyl sites for hydroxylation is 1. The van der Waals surface area contributed by atoms with Gasteiger partial charge in [0.1, 0.15) is 12.4 Å². The van der Waals surface area contributed by atoms with Gasteiger partial charge in [0.05, 0.1) is 0 Å². The summed E-state index contributed by atoms with van der Waals surface area (Å²) in [5.41, 5.74) is 2.22. The largest absolute Gasteiger partial charge is 0.490 e. The van der Waals surface area contributed by atoms with Crippen LogP contribution < -0.4 is 10.1 Å². The van der Waals surface area contributed by atoms with Gasteiger partial charge in [-0.05, 0) is 49.1 Å². The van der Waals surface area contributed by atoms with Crippen LogP contribution in [0.15, 0.2) is 48.8 Å². The summed E-state index contributed by atoms with van der Waals surface area (Å²) in [6.07, 6.45) is 4.20. The van der Waals surface area contributed by atoms with Crippen molar-refractivity contribution in [3.05, 3.63) is 59.9 Å². The average Bonchev–Trinajstić information content (AvgIpc) is 2.69. The van der Waals surface area contributed by atoms with Gasteiger partial charge in [0.2, 0.25) is 0 Å².